The normalized spacial score (nSPS) is 18.2. The molecule has 0 aliphatic carbocycles. The molecule has 2 heterocycles. The molecule has 3 rings (SSSR count). The topological polar surface area (TPSA) is 38.1 Å². The molecular weight excluding hydrogens is 319 g/mol. The molecule has 1 atom stereocenters. The fourth-order valence-corrected chi connectivity index (χ4v) is 3.13. The Morgan fingerprint density at radius 1 is 1.25 bits per heavy atom. The third kappa shape index (κ3) is 3.02. The van der Waals surface area contributed by atoms with Crippen LogP contribution in [0.4, 0.5) is 13.2 Å². The molecule has 1 unspecified atom stereocenters. The molecule has 0 saturated carbocycles. The maximum Gasteiger partial charge on any atom is 0.433 e. The molecule has 0 N–H and O–H groups in total. The zero-order chi connectivity index (χ0) is 17.5. The lowest BCUT2D eigenvalue weighted by Gasteiger charge is -2.24. The second kappa shape index (κ2) is 5.96. The van der Waals surface area contributed by atoms with Gasteiger partial charge in [-0.1, -0.05) is 29.8 Å². The molecule has 24 heavy (non-hydrogen) atoms. The highest BCUT2D eigenvalue weighted by Crippen LogP contribution is 2.34. The van der Waals surface area contributed by atoms with Crippen LogP contribution in [0.1, 0.15) is 46.2 Å². The highest BCUT2D eigenvalue weighted by atomic mass is 19.4. The lowest BCUT2D eigenvalue weighted by molar-refractivity contribution is -0.143. The maximum absolute atomic E-state index is 12.9. The number of hydrogen-bond donors (Lipinski definition) is 0. The molecule has 4 nitrogen and oxygen atoms in total. The van der Waals surface area contributed by atoms with Crippen LogP contribution >= 0.6 is 0 Å². The number of carbonyl (C=O) groups is 1. The fourth-order valence-electron chi connectivity index (χ4n) is 3.13. The predicted molar refractivity (Wildman–Crippen MR) is 82.4 cm³/mol. The predicted octanol–water partition coefficient (Wildman–Crippen LogP) is 3.72. The summed E-state index contributed by atoms with van der Waals surface area (Å²) in [5.74, 6) is -0.454. The van der Waals surface area contributed by atoms with Crippen molar-refractivity contribution in [3.63, 3.8) is 0 Å². The van der Waals surface area contributed by atoms with Crippen molar-refractivity contribution in [1.82, 2.24) is 14.7 Å². The number of aryl methyl sites for hydroxylation is 2. The van der Waals surface area contributed by atoms with Gasteiger partial charge in [0.05, 0.1) is 6.04 Å². The minimum Gasteiger partial charge on any atom is -0.330 e. The Hall–Kier alpha value is -2.31. The van der Waals surface area contributed by atoms with Gasteiger partial charge in [-0.05, 0) is 25.3 Å². The van der Waals surface area contributed by atoms with Gasteiger partial charge in [-0.3, -0.25) is 9.48 Å². The Labute approximate surface area is 137 Å². The van der Waals surface area contributed by atoms with Crippen LogP contribution in [0, 0.1) is 6.92 Å². The summed E-state index contributed by atoms with van der Waals surface area (Å²) >= 11 is 0. The molecule has 0 bridgehead atoms. The first-order valence-corrected chi connectivity index (χ1v) is 7.76. The molecule has 7 heteroatoms. The van der Waals surface area contributed by atoms with Gasteiger partial charge in [0.25, 0.3) is 5.91 Å². The number of aromatic nitrogens is 2. The average molecular weight is 337 g/mol. The van der Waals surface area contributed by atoms with Crippen molar-refractivity contribution < 1.29 is 18.0 Å². The number of nitrogens with zero attached hydrogens (tertiary/aromatic N) is 3. The van der Waals surface area contributed by atoms with E-state index in [-0.39, 0.29) is 11.7 Å². The molecule has 1 fully saturated rings. The fraction of sp³-hybridized carbons (Fsp3) is 0.412. The van der Waals surface area contributed by atoms with E-state index in [1.54, 1.807) is 4.90 Å². The largest absolute Gasteiger partial charge is 0.433 e. The molecule has 1 amide bonds. The highest BCUT2D eigenvalue weighted by molar-refractivity contribution is 5.93. The lowest BCUT2D eigenvalue weighted by atomic mass is 10.0. The van der Waals surface area contributed by atoms with E-state index in [1.807, 2.05) is 31.2 Å². The van der Waals surface area contributed by atoms with Crippen molar-refractivity contribution in [3.8, 4) is 0 Å². The van der Waals surface area contributed by atoms with E-state index in [0.717, 1.165) is 30.0 Å². The second-order valence-electron chi connectivity index (χ2n) is 6.10. The highest BCUT2D eigenvalue weighted by Gasteiger charge is 2.38. The van der Waals surface area contributed by atoms with Crippen LogP contribution in [0.25, 0.3) is 0 Å². The summed E-state index contributed by atoms with van der Waals surface area (Å²) < 4.78 is 39.4. The van der Waals surface area contributed by atoms with E-state index in [1.165, 1.54) is 7.05 Å². The first-order valence-electron chi connectivity index (χ1n) is 7.76. The summed E-state index contributed by atoms with van der Waals surface area (Å²) in [6.07, 6.45) is -2.90. The number of amides is 1. The molecule has 1 aliphatic rings. The Morgan fingerprint density at radius 3 is 2.50 bits per heavy atom. The molecule has 1 aromatic carbocycles. The van der Waals surface area contributed by atoms with Gasteiger partial charge in [-0.25, -0.2) is 0 Å². The minimum atomic E-state index is -4.53. The van der Waals surface area contributed by atoms with Crippen molar-refractivity contribution >= 4 is 5.91 Å². The molecule has 0 spiro atoms. The van der Waals surface area contributed by atoms with Crippen molar-refractivity contribution in [2.75, 3.05) is 6.54 Å². The smallest absolute Gasteiger partial charge is 0.330 e. The Bertz CT molecular complexity index is 749. The van der Waals surface area contributed by atoms with Crippen LogP contribution in [0.3, 0.4) is 0 Å². The molecular formula is C17H18F3N3O. The zero-order valence-corrected chi connectivity index (χ0v) is 13.5. The zero-order valence-electron chi connectivity index (χ0n) is 13.5. The van der Waals surface area contributed by atoms with Gasteiger partial charge in [0.15, 0.2) is 5.69 Å². The number of halogens is 3. The Balaban J connectivity index is 1.87. The summed E-state index contributed by atoms with van der Waals surface area (Å²) in [5.41, 5.74) is 1.04. The van der Waals surface area contributed by atoms with Gasteiger partial charge in [-0.15, -0.1) is 0 Å². The number of carbonyl (C=O) groups excluding carboxylic acids is 1. The quantitative estimate of drug-likeness (QED) is 0.838. The van der Waals surface area contributed by atoms with E-state index in [2.05, 4.69) is 5.10 Å². The van der Waals surface area contributed by atoms with E-state index in [9.17, 15) is 18.0 Å². The number of rotatable bonds is 2. The van der Waals surface area contributed by atoms with Crippen LogP contribution in [-0.2, 0) is 13.2 Å². The minimum absolute atomic E-state index is 0.116. The summed E-state index contributed by atoms with van der Waals surface area (Å²) in [4.78, 5) is 14.3. The van der Waals surface area contributed by atoms with Crippen molar-refractivity contribution in [2.45, 2.75) is 32.0 Å². The van der Waals surface area contributed by atoms with Gasteiger partial charge >= 0.3 is 6.18 Å². The van der Waals surface area contributed by atoms with E-state index in [4.69, 9.17) is 0 Å². The van der Waals surface area contributed by atoms with Gasteiger partial charge in [0.2, 0.25) is 0 Å². The monoisotopic (exact) mass is 337 g/mol. The summed E-state index contributed by atoms with van der Waals surface area (Å²) in [5, 5.41) is 3.77. The van der Waals surface area contributed by atoms with Gasteiger partial charge in [0, 0.05) is 19.7 Å². The molecule has 2 aromatic rings. The number of benzene rings is 1. The van der Waals surface area contributed by atoms with Crippen LogP contribution in [0.5, 0.6) is 0 Å². The van der Waals surface area contributed by atoms with Crippen LogP contribution in [0.2, 0.25) is 0 Å². The Morgan fingerprint density at radius 2 is 1.92 bits per heavy atom. The third-order valence-corrected chi connectivity index (χ3v) is 4.37. The molecule has 1 saturated heterocycles. The molecule has 1 aromatic heterocycles. The summed E-state index contributed by atoms with van der Waals surface area (Å²) in [6.45, 7) is 2.50. The van der Waals surface area contributed by atoms with Crippen molar-refractivity contribution in [1.29, 1.82) is 0 Å². The molecule has 128 valence electrons. The first kappa shape index (κ1) is 16.5. The van der Waals surface area contributed by atoms with Crippen LogP contribution in [0.15, 0.2) is 30.3 Å². The van der Waals surface area contributed by atoms with Crippen LogP contribution < -0.4 is 0 Å². The van der Waals surface area contributed by atoms with Crippen molar-refractivity contribution in [2.24, 2.45) is 7.05 Å². The first-order chi connectivity index (χ1) is 11.3. The number of alkyl halides is 3. The van der Waals surface area contributed by atoms with Crippen molar-refractivity contribution in [3.05, 3.63) is 52.8 Å². The van der Waals surface area contributed by atoms with Crippen LogP contribution in [-0.4, -0.2) is 27.1 Å². The average Bonchev–Trinajstić information content (AvgIpc) is 3.13. The van der Waals surface area contributed by atoms with Gasteiger partial charge < -0.3 is 4.90 Å². The second-order valence-corrected chi connectivity index (χ2v) is 6.10. The van der Waals surface area contributed by atoms with E-state index < -0.39 is 17.8 Å². The van der Waals surface area contributed by atoms with Gasteiger partial charge in [0.1, 0.15) is 5.69 Å². The molecule has 1 aliphatic heterocycles. The maximum atomic E-state index is 12.9. The number of likely N-dealkylation sites (tertiary alicyclic amines) is 1. The molecule has 0 radical (unpaired) electrons. The third-order valence-electron chi connectivity index (χ3n) is 4.37. The van der Waals surface area contributed by atoms with E-state index >= 15 is 0 Å². The SMILES string of the molecule is Cc1ccc(C2CCCN2C(=O)c2cc(C(F)(F)F)n(C)n2)cc1. The lowest BCUT2D eigenvalue weighted by Crippen LogP contribution is -2.31. The van der Waals surface area contributed by atoms with E-state index in [0.29, 0.717) is 11.2 Å². The summed E-state index contributed by atoms with van der Waals surface area (Å²) in [7, 11) is 1.20. The summed E-state index contributed by atoms with van der Waals surface area (Å²) in [6, 6.07) is 8.58. The standard InChI is InChI=1S/C17H18F3N3O/c1-11-5-7-12(8-6-11)14-4-3-9-23(14)16(24)13-10-15(17(18,19)20)22(2)21-13/h5-8,10,14H,3-4,9H2,1-2H3. The Kier molecular flexibility index (Phi) is 4.11. The van der Waals surface area contributed by atoms with Gasteiger partial charge in [-0.2, -0.15) is 18.3 Å². The number of hydrogen-bond acceptors (Lipinski definition) is 2.